The van der Waals surface area contributed by atoms with Crippen LogP contribution in [0, 0.1) is 23.2 Å². The first-order chi connectivity index (χ1) is 13.6. The summed E-state index contributed by atoms with van der Waals surface area (Å²) in [6.45, 7) is 6.61. The van der Waals surface area contributed by atoms with Gasteiger partial charge in [0.25, 0.3) is 0 Å². The van der Waals surface area contributed by atoms with E-state index in [1.165, 1.54) is 24.9 Å². The van der Waals surface area contributed by atoms with Crippen LogP contribution in [0.1, 0.15) is 70.8 Å². The molecule has 28 heavy (non-hydrogen) atoms. The molecule has 4 heteroatoms. The van der Waals surface area contributed by atoms with Crippen molar-refractivity contribution in [2.75, 3.05) is 18.0 Å². The molecule has 0 aliphatic heterocycles. The second-order valence-electron chi connectivity index (χ2n) is 9.48. The Bertz CT molecular complexity index is 668. The fourth-order valence-electron chi connectivity index (χ4n) is 6.35. The van der Waals surface area contributed by atoms with Gasteiger partial charge in [0.1, 0.15) is 0 Å². The maximum atomic E-state index is 12.9. The minimum absolute atomic E-state index is 0.128. The van der Waals surface area contributed by atoms with Gasteiger partial charge in [-0.15, -0.1) is 0 Å². The fraction of sp³-hybridized carbons (Fsp3) is 0.667. The van der Waals surface area contributed by atoms with Crippen LogP contribution in [0.2, 0.25) is 0 Å². The molecule has 0 aromatic heterocycles. The highest BCUT2D eigenvalue weighted by Gasteiger charge is 2.54. The van der Waals surface area contributed by atoms with Gasteiger partial charge < -0.3 is 4.90 Å². The van der Waals surface area contributed by atoms with E-state index >= 15 is 0 Å². The molecule has 152 valence electrons. The van der Waals surface area contributed by atoms with Crippen molar-refractivity contribution >= 4 is 17.8 Å². The summed E-state index contributed by atoms with van der Waals surface area (Å²) in [6, 6.07) is 8.50. The van der Waals surface area contributed by atoms with E-state index in [2.05, 4.69) is 53.5 Å². The number of amides is 1. The number of benzene rings is 1. The van der Waals surface area contributed by atoms with Gasteiger partial charge in [0.05, 0.1) is 11.6 Å². The van der Waals surface area contributed by atoms with Crippen LogP contribution in [0.15, 0.2) is 29.4 Å². The molecule has 4 saturated carbocycles. The molecule has 4 fully saturated rings. The molecule has 0 unspecified atom stereocenters. The molecule has 1 N–H and O–H groups in total. The van der Waals surface area contributed by atoms with E-state index in [0.717, 1.165) is 68.5 Å². The lowest BCUT2D eigenvalue weighted by Crippen LogP contribution is -2.52. The van der Waals surface area contributed by atoms with E-state index in [9.17, 15) is 4.79 Å². The summed E-state index contributed by atoms with van der Waals surface area (Å²) in [7, 11) is 0. The smallest absolute Gasteiger partial charge is 0.246 e. The van der Waals surface area contributed by atoms with Gasteiger partial charge in [-0.05, 0) is 86.8 Å². The molecule has 1 aromatic rings. The molecule has 1 amide bonds. The molecule has 1 aromatic carbocycles. The monoisotopic (exact) mass is 381 g/mol. The molecule has 4 aliphatic rings. The summed E-state index contributed by atoms with van der Waals surface area (Å²) in [5.41, 5.74) is 5.05. The lowest BCUT2D eigenvalue weighted by Gasteiger charge is -2.55. The number of hydrogen-bond acceptors (Lipinski definition) is 3. The summed E-state index contributed by atoms with van der Waals surface area (Å²) in [5, 5.41) is 4.31. The highest BCUT2D eigenvalue weighted by Crippen LogP contribution is 2.60. The zero-order chi connectivity index (χ0) is 19.6. The first kappa shape index (κ1) is 19.5. The zero-order valence-corrected chi connectivity index (χ0v) is 17.5. The summed E-state index contributed by atoms with van der Waals surface area (Å²) in [6.07, 6.45) is 11.4. The Kier molecular flexibility index (Phi) is 5.75. The van der Waals surface area contributed by atoms with Gasteiger partial charge in [-0.3, -0.25) is 4.79 Å². The number of nitrogens with one attached hydrogen (secondary N) is 1. The molecule has 4 bridgehead atoms. The number of rotatable bonds is 8. The second-order valence-corrected chi connectivity index (χ2v) is 9.48. The fourth-order valence-corrected chi connectivity index (χ4v) is 6.35. The van der Waals surface area contributed by atoms with Gasteiger partial charge in [0.2, 0.25) is 5.91 Å². The molecule has 0 heterocycles. The van der Waals surface area contributed by atoms with E-state index in [4.69, 9.17) is 0 Å². The molecular weight excluding hydrogens is 346 g/mol. The van der Waals surface area contributed by atoms with E-state index in [1.807, 2.05) is 0 Å². The SMILES string of the molecule is CCCN(CCC)c1ccc(/C=N\NC(=O)C23CC4CC(CC(C4)C2)C3)cc1. The summed E-state index contributed by atoms with van der Waals surface area (Å²) in [4.78, 5) is 15.4. The third-order valence-corrected chi connectivity index (χ3v) is 7.14. The summed E-state index contributed by atoms with van der Waals surface area (Å²) in [5.74, 6) is 2.50. The number of carbonyl (C=O) groups excluding carboxylic acids is 1. The predicted molar refractivity (Wildman–Crippen MR) is 116 cm³/mol. The maximum Gasteiger partial charge on any atom is 0.246 e. The van der Waals surface area contributed by atoms with Crippen molar-refractivity contribution in [1.29, 1.82) is 0 Å². The lowest BCUT2D eigenvalue weighted by molar-refractivity contribution is -0.146. The molecular formula is C24H35N3O. The average Bonchev–Trinajstić information content (AvgIpc) is 2.67. The Hall–Kier alpha value is -1.84. The highest BCUT2D eigenvalue weighted by molar-refractivity contribution is 5.86. The Balaban J connectivity index is 1.35. The lowest BCUT2D eigenvalue weighted by atomic mass is 9.49. The molecule has 0 atom stereocenters. The topological polar surface area (TPSA) is 44.7 Å². The zero-order valence-electron chi connectivity index (χ0n) is 17.5. The third kappa shape index (κ3) is 3.97. The molecule has 0 saturated heterocycles. The van der Waals surface area contributed by atoms with Gasteiger partial charge in [-0.25, -0.2) is 5.43 Å². The molecule has 0 spiro atoms. The van der Waals surface area contributed by atoms with Crippen LogP contribution in [0.5, 0.6) is 0 Å². The van der Waals surface area contributed by atoms with Gasteiger partial charge in [0.15, 0.2) is 0 Å². The summed E-state index contributed by atoms with van der Waals surface area (Å²) >= 11 is 0. The van der Waals surface area contributed by atoms with Gasteiger partial charge >= 0.3 is 0 Å². The van der Waals surface area contributed by atoms with Crippen molar-refractivity contribution in [2.24, 2.45) is 28.3 Å². The van der Waals surface area contributed by atoms with Crippen LogP contribution in [0.3, 0.4) is 0 Å². The Morgan fingerprint density at radius 2 is 1.57 bits per heavy atom. The normalized spacial score (nSPS) is 30.7. The second kappa shape index (κ2) is 8.26. The molecule has 4 aliphatic carbocycles. The van der Waals surface area contributed by atoms with Crippen molar-refractivity contribution in [3.63, 3.8) is 0 Å². The van der Waals surface area contributed by atoms with E-state index < -0.39 is 0 Å². The largest absolute Gasteiger partial charge is 0.372 e. The van der Waals surface area contributed by atoms with Crippen LogP contribution in [-0.2, 0) is 4.79 Å². The number of carbonyl (C=O) groups is 1. The number of hydrazone groups is 1. The van der Waals surface area contributed by atoms with Crippen molar-refractivity contribution < 1.29 is 4.79 Å². The third-order valence-electron chi connectivity index (χ3n) is 7.14. The minimum Gasteiger partial charge on any atom is -0.372 e. The minimum atomic E-state index is -0.128. The van der Waals surface area contributed by atoms with Crippen LogP contribution in [0.25, 0.3) is 0 Å². The molecule has 0 radical (unpaired) electrons. The Morgan fingerprint density at radius 3 is 2.07 bits per heavy atom. The van der Waals surface area contributed by atoms with Crippen LogP contribution < -0.4 is 10.3 Å². The first-order valence-corrected chi connectivity index (χ1v) is 11.3. The van der Waals surface area contributed by atoms with Crippen LogP contribution in [-0.4, -0.2) is 25.2 Å². The predicted octanol–water partition coefficient (Wildman–Crippen LogP) is 4.98. The standard InChI is InChI=1S/C24H35N3O/c1-3-9-27(10-4-2)22-7-5-18(6-8-22)17-25-26-23(28)24-14-19-11-20(15-24)13-21(12-19)16-24/h5-8,17,19-21H,3-4,9-16H2,1-2H3,(H,26,28)/b25-17-. The quantitative estimate of drug-likeness (QED) is 0.510. The van der Waals surface area contributed by atoms with Crippen molar-refractivity contribution in [2.45, 2.75) is 65.2 Å². The average molecular weight is 382 g/mol. The molecule has 5 rings (SSSR count). The van der Waals surface area contributed by atoms with Gasteiger partial charge in [0, 0.05) is 18.8 Å². The summed E-state index contributed by atoms with van der Waals surface area (Å²) < 4.78 is 0. The maximum absolute atomic E-state index is 12.9. The number of nitrogens with zero attached hydrogens (tertiary/aromatic N) is 2. The van der Waals surface area contributed by atoms with E-state index in [-0.39, 0.29) is 11.3 Å². The van der Waals surface area contributed by atoms with Gasteiger partial charge in [-0.1, -0.05) is 26.0 Å². The Morgan fingerprint density at radius 1 is 1.04 bits per heavy atom. The van der Waals surface area contributed by atoms with Gasteiger partial charge in [-0.2, -0.15) is 5.10 Å². The van der Waals surface area contributed by atoms with E-state index in [1.54, 1.807) is 6.21 Å². The number of anilines is 1. The first-order valence-electron chi connectivity index (χ1n) is 11.3. The molecule has 4 nitrogen and oxygen atoms in total. The number of hydrogen-bond donors (Lipinski definition) is 1. The van der Waals surface area contributed by atoms with Crippen molar-refractivity contribution in [3.05, 3.63) is 29.8 Å². The van der Waals surface area contributed by atoms with Crippen LogP contribution >= 0.6 is 0 Å². The van der Waals surface area contributed by atoms with Crippen molar-refractivity contribution in [3.8, 4) is 0 Å². The van der Waals surface area contributed by atoms with Crippen LogP contribution in [0.4, 0.5) is 5.69 Å². The van der Waals surface area contributed by atoms with Crippen molar-refractivity contribution in [1.82, 2.24) is 5.43 Å². The Labute approximate surface area is 169 Å². The highest BCUT2D eigenvalue weighted by atomic mass is 16.2. The van der Waals surface area contributed by atoms with E-state index in [0.29, 0.717) is 0 Å².